The maximum atomic E-state index is 6.02. The molecule has 2 heterocycles. The lowest BCUT2D eigenvalue weighted by atomic mass is 10.0. The molecule has 2 heteroatoms. The molecule has 2 aliphatic rings. The van der Waals surface area contributed by atoms with Gasteiger partial charge in [-0.3, -0.25) is 0 Å². The fourth-order valence-electron chi connectivity index (χ4n) is 2.76. The van der Waals surface area contributed by atoms with Crippen molar-refractivity contribution in [2.45, 2.75) is 18.6 Å². The first-order chi connectivity index (χ1) is 10.4. The molecule has 2 nitrogen and oxygen atoms in total. The third-order valence-corrected chi connectivity index (χ3v) is 3.84. The smallest absolute Gasteiger partial charge is 0.127 e. The minimum Gasteiger partial charge on any atom is -0.486 e. The highest BCUT2D eigenvalue weighted by Crippen LogP contribution is 2.30. The van der Waals surface area contributed by atoms with Gasteiger partial charge in [-0.05, 0) is 24.3 Å². The summed E-state index contributed by atoms with van der Waals surface area (Å²) in [7, 11) is 0. The molecule has 0 aliphatic carbocycles. The minimum absolute atomic E-state index is 0.0554. The predicted octanol–water partition coefficient (Wildman–Crippen LogP) is 4.33. The van der Waals surface area contributed by atoms with E-state index in [9.17, 15) is 0 Å². The molecule has 0 saturated heterocycles. The van der Waals surface area contributed by atoms with Crippen LogP contribution in [0.5, 0.6) is 11.5 Å². The van der Waals surface area contributed by atoms with E-state index in [-0.39, 0.29) is 12.2 Å². The monoisotopic (exact) mass is 276 g/mol. The van der Waals surface area contributed by atoms with Crippen LogP contribution in [-0.4, -0.2) is 12.2 Å². The van der Waals surface area contributed by atoms with Crippen molar-refractivity contribution in [2.75, 3.05) is 0 Å². The van der Waals surface area contributed by atoms with Crippen molar-refractivity contribution in [2.24, 2.45) is 0 Å². The number of hydrogen-bond acceptors (Lipinski definition) is 2. The summed E-state index contributed by atoms with van der Waals surface area (Å²) in [6.45, 7) is 0. The quantitative estimate of drug-likeness (QED) is 0.813. The van der Waals surface area contributed by atoms with E-state index < -0.39 is 0 Å². The van der Waals surface area contributed by atoms with Crippen molar-refractivity contribution >= 4 is 12.2 Å². The molecule has 0 N–H and O–H groups in total. The Hall–Kier alpha value is -2.48. The molecule has 4 rings (SSSR count). The molecule has 0 saturated carbocycles. The van der Waals surface area contributed by atoms with Crippen LogP contribution in [0.25, 0.3) is 12.2 Å². The zero-order valence-corrected chi connectivity index (χ0v) is 11.6. The van der Waals surface area contributed by atoms with Gasteiger partial charge in [0.25, 0.3) is 0 Å². The Kier molecular flexibility index (Phi) is 3.00. The SMILES string of the molecule is C1=CC(CC2C=Cc3ccccc3O2)Oc2ccccc21. The summed E-state index contributed by atoms with van der Waals surface area (Å²) in [5.41, 5.74) is 2.28. The highest BCUT2D eigenvalue weighted by molar-refractivity contribution is 5.61. The van der Waals surface area contributed by atoms with Gasteiger partial charge in [-0.2, -0.15) is 0 Å². The Morgan fingerprint density at radius 2 is 1.14 bits per heavy atom. The number of ether oxygens (including phenoxy) is 2. The first-order valence-electron chi connectivity index (χ1n) is 7.26. The molecule has 0 bridgehead atoms. The van der Waals surface area contributed by atoms with Crippen molar-refractivity contribution in [3.05, 3.63) is 71.8 Å². The van der Waals surface area contributed by atoms with E-state index in [2.05, 4.69) is 36.4 Å². The van der Waals surface area contributed by atoms with Crippen molar-refractivity contribution < 1.29 is 9.47 Å². The van der Waals surface area contributed by atoms with Crippen LogP contribution in [0.15, 0.2) is 60.7 Å². The fourth-order valence-corrected chi connectivity index (χ4v) is 2.76. The Morgan fingerprint density at radius 1 is 0.667 bits per heavy atom. The van der Waals surface area contributed by atoms with Gasteiger partial charge in [0.15, 0.2) is 0 Å². The van der Waals surface area contributed by atoms with Crippen LogP contribution in [-0.2, 0) is 0 Å². The normalized spacial score (nSPS) is 21.9. The second-order valence-corrected chi connectivity index (χ2v) is 5.34. The zero-order chi connectivity index (χ0) is 14.1. The van der Waals surface area contributed by atoms with Gasteiger partial charge in [0.1, 0.15) is 23.7 Å². The first kappa shape index (κ1) is 12.3. The Bertz CT molecular complexity index is 654. The first-order valence-corrected chi connectivity index (χ1v) is 7.26. The van der Waals surface area contributed by atoms with E-state index in [1.54, 1.807) is 0 Å². The highest BCUT2D eigenvalue weighted by Gasteiger charge is 2.21. The third-order valence-electron chi connectivity index (χ3n) is 3.84. The van der Waals surface area contributed by atoms with Gasteiger partial charge in [-0.25, -0.2) is 0 Å². The van der Waals surface area contributed by atoms with E-state index >= 15 is 0 Å². The van der Waals surface area contributed by atoms with E-state index in [1.165, 1.54) is 0 Å². The van der Waals surface area contributed by atoms with Crippen LogP contribution in [0.3, 0.4) is 0 Å². The molecule has 0 amide bonds. The topological polar surface area (TPSA) is 18.5 Å². The van der Waals surface area contributed by atoms with Gasteiger partial charge in [-0.1, -0.05) is 48.6 Å². The van der Waals surface area contributed by atoms with Gasteiger partial charge >= 0.3 is 0 Å². The van der Waals surface area contributed by atoms with Crippen molar-refractivity contribution in [1.29, 1.82) is 0 Å². The van der Waals surface area contributed by atoms with E-state index in [0.29, 0.717) is 0 Å². The van der Waals surface area contributed by atoms with Gasteiger partial charge in [0.2, 0.25) is 0 Å². The molecular formula is C19H16O2. The average Bonchev–Trinajstić information content (AvgIpc) is 2.55. The average molecular weight is 276 g/mol. The maximum absolute atomic E-state index is 6.02. The number of fused-ring (bicyclic) bond motifs is 2. The van der Waals surface area contributed by atoms with Gasteiger partial charge < -0.3 is 9.47 Å². The largest absolute Gasteiger partial charge is 0.486 e. The summed E-state index contributed by atoms with van der Waals surface area (Å²) in [6.07, 6.45) is 9.41. The molecule has 2 atom stereocenters. The Balaban J connectivity index is 1.47. The minimum atomic E-state index is 0.0554. The van der Waals surface area contributed by atoms with Crippen LogP contribution in [0.1, 0.15) is 17.5 Å². The molecular weight excluding hydrogens is 260 g/mol. The van der Waals surface area contributed by atoms with Crippen LogP contribution in [0, 0.1) is 0 Å². The lowest BCUT2D eigenvalue weighted by molar-refractivity contribution is 0.159. The Morgan fingerprint density at radius 3 is 1.67 bits per heavy atom. The molecule has 2 aromatic carbocycles. The van der Waals surface area contributed by atoms with Crippen LogP contribution in [0.4, 0.5) is 0 Å². The lowest BCUT2D eigenvalue weighted by Gasteiger charge is -2.27. The summed E-state index contributed by atoms with van der Waals surface area (Å²) in [4.78, 5) is 0. The zero-order valence-electron chi connectivity index (χ0n) is 11.6. The molecule has 2 unspecified atom stereocenters. The molecule has 2 aliphatic heterocycles. The van der Waals surface area contributed by atoms with Gasteiger partial charge in [0, 0.05) is 17.5 Å². The van der Waals surface area contributed by atoms with Gasteiger partial charge in [0.05, 0.1) is 0 Å². The molecule has 104 valence electrons. The molecule has 0 spiro atoms. The van der Waals surface area contributed by atoms with Crippen molar-refractivity contribution in [1.82, 2.24) is 0 Å². The molecule has 0 radical (unpaired) electrons. The molecule has 21 heavy (non-hydrogen) atoms. The summed E-state index contributed by atoms with van der Waals surface area (Å²) in [5, 5.41) is 0. The maximum Gasteiger partial charge on any atom is 0.127 e. The number of hydrogen-bond donors (Lipinski definition) is 0. The van der Waals surface area contributed by atoms with Gasteiger partial charge in [-0.15, -0.1) is 0 Å². The highest BCUT2D eigenvalue weighted by atomic mass is 16.5. The number of para-hydroxylation sites is 2. The predicted molar refractivity (Wildman–Crippen MR) is 84.4 cm³/mol. The summed E-state index contributed by atoms with van der Waals surface area (Å²) >= 11 is 0. The lowest BCUT2D eigenvalue weighted by Crippen LogP contribution is -2.27. The van der Waals surface area contributed by atoms with Crippen LogP contribution in [0.2, 0.25) is 0 Å². The second kappa shape index (κ2) is 5.13. The van der Waals surface area contributed by atoms with E-state index in [1.807, 2.05) is 36.4 Å². The van der Waals surface area contributed by atoms with E-state index in [4.69, 9.17) is 9.47 Å². The summed E-state index contributed by atoms with van der Waals surface area (Å²) < 4.78 is 12.0. The molecule has 0 aromatic heterocycles. The molecule has 0 fully saturated rings. The second-order valence-electron chi connectivity index (χ2n) is 5.34. The Labute approximate surface area is 124 Å². The van der Waals surface area contributed by atoms with Crippen LogP contribution < -0.4 is 9.47 Å². The van der Waals surface area contributed by atoms with Crippen molar-refractivity contribution in [3.63, 3.8) is 0 Å². The van der Waals surface area contributed by atoms with Crippen molar-refractivity contribution in [3.8, 4) is 11.5 Å². The fraction of sp³-hybridized carbons (Fsp3) is 0.158. The standard InChI is InChI=1S/C19H16O2/c1-3-7-18-14(5-1)9-11-16(20-18)13-17-12-10-15-6-2-4-8-19(15)21-17/h1-12,16-17H,13H2. The molecule has 2 aromatic rings. The van der Waals surface area contributed by atoms with E-state index in [0.717, 1.165) is 29.0 Å². The number of benzene rings is 2. The van der Waals surface area contributed by atoms with Crippen LogP contribution >= 0.6 is 0 Å². The number of rotatable bonds is 2. The summed E-state index contributed by atoms with van der Waals surface area (Å²) in [6, 6.07) is 16.2. The summed E-state index contributed by atoms with van der Waals surface area (Å²) in [5.74, 6) is 1.90. The third kappa shape index (κ3) is 2.45.